The average Bonchev–Trinajstić information content (AvgIpc) is 3.08. The molecular formula is C38H42F3NO3S. The minimum atomic E-state index is -4.91. The second kappa shape index (κ2) is 18.9. The summed E-state index contributed by atoms with van der Waals surface area (Å²) in [4.78, 5) is 13.2. The van der Waals surface area contributed by atoms with Gasteiger partial charge in [0.15, 0.2) is 11.5 Å². The highest BCUT2D eigenvalue weighted by atomic mass is 32.2. The molecule has 0 bridgehead atoms. The van der Waals surface area contributed by atoms with E-state index in [4.69, 9.17) is 9.47 Å². The van der Waals surface area contributed by atoms with Crippen LogP contribution in [0.15, 0.2) is 109 Å². The predicted octanol–water partition coefficient (Wildman–Crippen LogP) is 9.31. The maximum atomic E-state index is 13.5. The number of benzene rings is 4. The van der Waals surface area contributed by atoms with Crippen molar-refractivity contribution in [1.82, 2.24) is 4.90 Å². The Kier molecular flexibility index (Phi) is 14.4. The normalized spacial score (nSPS) is 11.3. The van der Waals surface area contributed by atoms with E-state index in [1.54, 1.807) is 12.1 Å². The summed E-state index contributed by atoms with van der Waals surface area (Å²) < 4.78 is 52.6. The van der Waals surface area contributed by atoms with Gasteiger partial charge < -0.3 is 14.4 Å². The lowest BCUT2D eigenvalue weighted by Crippen LogP contribution is -2.42. The molecule has 0 aliphatic rings. The molecule has 1 amide bonds. The highest BCUT2D eigenvalue weighted by Gasteiger charge is 2.42. The lowest BCUT2D eigenvalue weighted by Gasteiger charge is -2.24. The number of carbonyl (C=O) groups excluding carboxylic acids is 1. The summed E-state index contributed by atoms with van der Waals surface area (Å²) in [5.74, 6) is 1.35. The van der Waals surface area contributed by atoms with Gasteiger partial charge in [-0.3, -0.25) is 4.79 Å². The number of aryl methyl sites for hydroxylation is 1. The van der Waals surface area contributed by atoms with Gasteiger partial charge in [0, 0.05) is 13.1 Å². The number of amides is 1. The van der Waals surface area contributed by atoms with Crippen molar-refractivity contribution in [2.24, 2.45) is 0 Å². The molecule has 0 fully saturated rings. The molecule has 0 aromatic heterocycles. The lowest BCUT2D eigenvalue weighted by atomic mass is 10.1. The van der Waals surface area contributed by atoms with Gasteiger partial charge in [0.05, 0.1) is 0 Å². The first-order valence-electron chi connectivity index (χ1n) is 15.8. The summed E-state index contributed by atoms with van der Waals surface area (Å²) in [5, 5.41) is 0. The van der Waals surface area contributed by atoms with E-state index in [1.807, 2.05) is 96.7 Å². The Labute approximate surface area is 274 Å². The van der Waals surface area contributed by atoms with E-state index in [0.717, 1.165) is 58.8 Å². The predicted molar refractivity (Wildman–Crippen MR) is 180 cm³/mol. The maximum Gasteiger partial charge on any atom is 0.471 e. The van der Waals surface area contributed by atoms with Gasteiger partial charge in [-0.2, -0.15) is 24.9 Å². The largest absolute Gasteiger partial charge is 0.485 e. The van der Waals surface area contributed by atoms with Crippen molar-refractivity contribution in [2.45, 2.75) is 57.9 Å². The standard InChI is InChI=1S/C38H42F3NO3S/c39-38(40,41)37(43)42(24-12-1-2-13-26-46-27-23-31-14-6-3-7-15-31)25-22-32-20-21-35(44-29-33-16-8-4-9-17-33)36(28-32)45-30-34-18-10-5-11-19-34/h3-11,14-21,28H,1-2,12-13,22-27,29-30H2. The first kappa shape index (κ1) is 35.0. The Morgan fingerprint density at radius 1 is 0.587 bits per heavy atom. The highest BCUT2D eigenvalue weighted by molar-refractivity contribution is 7.99. The summed E-state index contributed by atoms with van der Waals surface area (Å²) in [6.45, 7) is 0.712. The van der Waals surface area contributed by atoms with E-state index in [1.165, 1.54) is 5.56 Å². The quantitative estimate of drug-likeness (QED) is 0.0950. The second-order valence-electron chi connectivity index (χ2n) is 11.1. The van der Waals surface area contributed by atoms with Crippen LogP contribution in [0.1, 0.15) is 47.9 Å². The van der Waals surface area contributed by atoms with E-state index in [2.05, 4.69) is 12.1 Å². The monoisotopic (exact) mass is 649 g/mol. The number of thioether (sulfide) groups is 1. The molecule has 0 N–H and O–H groups in total. The molecule has 46 heavy (non-hydrogen) atoms. The smallest absolute Gasteiger partial charge is 0.471 e. The van der Waals surface area contributed by atoms with Crippen molar-refractivity contribution in [1.29, 1.82) is 0 Å². The van der Waals surface area contributed by atoms with Crippen LogP contribution in [-0.2, 0) is 30.8 Å². The summed E-state index contributed by atoms with van der Waals surface area (Å²) in [6, 6.07) is 35.2. The highest BCUT2D eigenvalue weighted by Crippen LogP contribution is 2.31. The Balaban J connectivity index is 1.28. The summed E-state index contributed by atoms with van der Waals surface area (Å²) >= 11 is 1.90. The van der Waals surface area contributed by atoms with Crippen molar-refractivity contribution in [2.75, 3.05) is 24.6 Å². The molecule has 0 radical (unpaired) electrons. The van der Waals surface area contributed by atoms with Gasteiger partial charge >= 0.3 is 12.1 Å². The Morgan fingerprint density at radius 3 is 1.76 bits per heavy atom. The minimum Gasteiger partial charge on any atom is -0.485 e. The Hall–Kier alpha value is -3.91. The second-order valence-corrected chi connectivity index (χ2v) is 12.4. The van der Waals surface area contributed by atoms with Crippen LogP contribution in [-0.4, -0.2) is 41.6 Å². The van der Waals surface area contributed by atoms with Crippen molar-refractivity contribution < 1.29 is 27.4 Å². The molecular weight excluding hydrogens is 607 g/mol. The Morgan fingerprint density at radius 2 is 1.15 bits per heavy atom. The van der Waals surface area contributed by atoms with Crippen LogP contribution in [0.3, 0.4) is 0 Å². The first-order chi connectivity index (χ1) is 22.4. The van der Waals surface area contributed by atoms with Gasteiger partial charge in [0.1, 0.15) is 13.2 Å². The molecule has 4 aromatic carbocycles. The summed E-state index contributed by atoms with van der Waals surface area (Å²) in [6.07, 6.45) is -0.352. The molecule has 0 unspecified atom stereocenters. The van der Waals surface area contributed by atoms with E-state index in [9.17, 15) is 18.0 Å². The third-order valence-electron chi connectivity index (χ3n) is 7.53. The zero-order valence-corrected chi connectivity index (χ0v) is 26.9. The fraction of sp³-hybridized carbons (Fsp3) is 0.342. The third kappa shape index (κ3) is 12.5. The molecule has 8 heteroatoms. The zero-order valence-electron chi connectivity index (χ0n) is 26.1. The number of hydrogen-bond acceptors (Lipinski definition) is 4. The number of alkyl halides is 3. The topological polar surface area (TPSA) is 38.8 Å². The van der Waals surface area contributed by atoms with Gasteiger partial charge in [-0.15, -0.1) is 0 Å². The van der Waals surface area contributed by atoms with Gasteiger partial charge in [-0.25, -0.2) is 0 Å². The van der Waals surface area contributed by atoms with Crippen LogP contribution < -0.4 is 9.47 Å². The average molecular weight is 650 g/mol. The summed E-state index contributed by atoms with van der Waals surface area (Å²) in [7, 11) is 0. The number of carbonyl (C=O) groups is 1. The van der Waals surface area contributed by atoms with E-state index < -0.39 is 12.1 Å². The van der Waals surface area contributed by atoms with Gasteiger partial charge in [0.25, 0.3) is 0 Å². The van der Waals surface area contributed by atoms with Gasteiger partial charge in [0.2, 0.25) is 0 Å². The van der Waals surface area contributed by atoms with Gasteiger partial charge in [-0.05, 0) is 71.6 Å². The van der Waals surface area contributed by atoms with E-state index in [0.29, 0.717) is 31.1 Å². The molecule has 0 heterocycles. The minimum absolute atomic E-state index is 0.0317. The summed E-state index contributed by atoms with van der Waals surface area (Å²) in [5.41, 5.74) is 4.08. The van der Waals surface area contributed by atoms with Crippen LogP contribution in [0.25, 0.3) is 0 Å². The molecule has 0 aliphatic heterocycles. The van der Waals surface area contributed by atoms with Crippen LogP contribution in [0.4, 0.5) is 13.2 Å². The SMILES string of the molecule is O=C(N(CCCCCCSCCc1ccccc1)CCc1ccc(OCc2ccccc2)c(OCc2ccccc2)c1)C(F)(F)F. The first-order valence-corrected chi connectivity index (χ1v) is 17.0. The van der Waals surface area contributed by atoms with Crippen LogP contribution in [0, 0.1) is 0 Å². The Bertz CT molecular complexity index is 1440. The number of unbranched alkanes of at least 4 members (excludes halogenated alkanes) is 3. The van der Waals surface area contributed by atoms with Crippen molar-refractivity contribution in [3.8, 4) is 11.5 Å². The zero-order chi connectivity index (χ0) is 32.5. The van der Waals surface area contributed by atoms with Crippen molar-refractivity contribution >= 4 is 17.7 Å². The molecule has 0 aliphatic carbocycles. The molecule has 0 atom stereocenters. The van der Waals surface area contributed by atoms with E-state index >= 15 is 0 Å². The van der Waals surface area contributed by atoms with Crippen molar-refractivity contribution in [3.63, 3.8) is 0 Å². The fourth-order valence-corrected chi connectivity index (χ4v) is 5.96. The fourth-order valence-electron chi connectivity index (χ4n) is 4.97. The molecule has 0 saturated heterocycles. The molecule has 244 valence electrons. The number of halogens is 3. The molecule has 4 aromatic rings. The van der Waals surface area contributed by atoms with Crippen LogP contribution in [0.2, 0.25) is 0 Å². The van der Waals surface area contributed by atoms with Crippen LogP contribution >= 0.6 is 11.8 Å². The molecule has 0 spiro atoms. The molecule has 4 nitrogen and oxygen atoms in total. The van der Waals surface area contributed by atoms with E-state index in [-0.39, 0.29) is 19.5 Å². The van der Waals surface area contributed by atoms with Gasteiger partial charge in [-0.1, -0.05) is 110 Å². The van der Waals surface area contributed by atoms with Crippen LogP contribution in [0.5, 0.6) is 11.5 Å². The number of rotatable bonds is 19. The molecule has 0 saturated carbocycles. The number of ether oxygens (including phenoxy) is 2. The number of hydrogen-bond donors (Lipinski definition) is 0. The van der Waals surface area contributed by atoms with Crippen molar-refractivity contribution in [3.05, 3.63) is 131 Å². The third-order valence-corrected chi connectivity index (χ3v) is 8.60. The number of nitrogens with zero attached hydrogens (tertiary/aromatic N) is 1. The maximum absolute atomic E-state index is 13.5. The molecule has 4 rings (SSSR count). The lowest BCUT2D eigenvalue weighted by molar-refractivity contribution is -0.185.